The number of hydrogen-bond acceptors (Lipinski definition) is 8. The maximum absolute atomic E-state index is 13.8. The number of hydrogen-bond donors (Lipinski definition) is 0. The summed E-state index contributed by atoms with van der Waals surface area (Å²) in [4.78, 5) is 32.6. The Bertz CT molecular complexity index is 1840. The maximum atomic E-state index is 13.8. The summed E-state index contributed by atoms with van der Waals surface area (Å²) in [6.45, 7) is 3.90. The second-order valence-electron chi connectivity index (χ2n) is 8.89. The van der Waals surface area contributed by atoms with Gasteiger partial charge in [0.1, 0.15) is 12.6 Å². The van der Waals surface area contributed by atoms with Crippen LogP contribution < -0.4 is 24.4 Å². The van der Waals surface area contributed by atoms with Crippen molar-refractivity contribution in [1.82, 2.24) is 4.57 Å². The van der Waals surface area contributed by atoms with Gasteiger partial charge in [0, 0.05) is 4.88 Å². The van der Waals surface area contributed by atoms with Gasteiger partial charge in [0.15, 0.2) is 16.3 Å². The number of aromatic nitrogens is 1. The Morgan fingerprint density at radius 2 is 1.93 bits per heavy atom. The van der Waals surface area contributed by atoms with E-state index in [1.165, 1.54) is 29.8 Å². The number of ether oxygens (including phenoxy) is 3. The molecule has 2 aromatic carbocycles. The van der Waals surface area contributed by atoms with Crippen LogP contribution in [0.4, 0.5) is 0 Å². The normalized spacial score (nSPS) is 15.0. The molecule has 0 unspecified atom stereocenters. The number of fused-ring (bicyclic) bond motifs is 1. The van der Waals surface area contributed by atoms with Gasteiger partial charge in [-0.15, -0.1) is 11.3 Å². The van der Waals surface area contributed by atoms with E-state index in [-0.39, 0.29) is 18.8 Å². The van der Waals surface area contributed by atoms with E-state index in [0.717, 1.165) is 10.4 Å². The molecule has 3 heterocycles. The quantitative estimate of drug-likeness (QED) is 0.206. The summed E-state index contributed by atoms with van der Waals surface area (Å²) in [5.41, 5.74) is 2.02. The molecule has 12 heteroatoms. The van der Waals surface area contributed by atoms with Gasteiger partial charge in [-0.1, -0.05) is 58.3 Å². The van der Waals surface area contributed by atoms with E-state index in [1.807, 2.05) is 17.5 Å². The summed E-state index contributed by atoms with van der Waals surface area (Å²) in [6, 6.07) is 11.8. The smallest absolute Gasteiger partial charge is 0.338 e. The first-order chi connectivity index (χ1) is 19.7. The predicted molar refractivity (Wildman–Crippen MR) is 164 cm³/mol. The van der Waals surface area contributed by atoms with Crippen molar-refractivity contribution in [2.45, 2.75) is 26.5 Å². The Morgan fingerprint density at radius 1 is 1.12 bits per heavy atom. The number of carbonyl (C=O) groups excluding carboxylic acids is 1. The Labute approximate surface area is 258 Å². The van der Waals surface area contributed by atoms with E-state index in [1.54, 1.807) is 54.8 Å². The molecule has 0 bridgehead atoms. The summed E-state index contributed by atoms with van der Waals surface area (Å²) < 4.78 is 18.8. The minimum Gasteiger partial charge on any atom is -0.493 e. The fourth-order valence-corrected chi connectivity index (χ4v) is 6.87. The number of esters is 1. The number of halogens is 3. The predicted octanol–water partition coefficient (Wildman–Crippen LogP) is 6.41. The standard InChI is InChI=1S/C29H23Cl3N2O5S2/c1-4-38-28(36)24-15(2)33-29-34(25(24)22-6-5-9-40-22)27(35)23(41-29)13-17-11-20(32)26(21(12-17)37-3)39-14-16-7-8-18(30)19(31)10-16/h5-13,25H,4,14H2,1-3H3/b23-13-/t25-/m1/s1. The highest BCUT2D eigenvalue weighted by molar-refractivity contribution is 7.10. The van der Waals surface area contributed by atoms with Crippen LogP contribution in [0.3, 0.4) is 0 Å². The molecule has 5 rings (SSSR count). The van der Waals surface area contributed by atoms with E-state index in [4.69, 9.17) is 49.0 Å². The fraction of sp³-hybridized carbons (Fsp3) is 0.207. The van der Waals surface area contributed by atoms with Crippen LogP contribution >= 0.6 is 57.5 Å². The molecule has 0 fully saturated rings. The average molecular weight is 650 g/mol. The lowest BCUT2D eigenvalue weighted by molar-refractivity contribution is -0.139. The monoisotopic (exact) mass is 648 g/mol. The van der Waals surface area contributed by atoms with Crippen molar-refractivity contribution in [2.75, 3.05) is 13.7 Å². The Morgan fingerprint density at radius 3 is 2.61 bits per heavy atom. The number of rotatable bonds is 8. The molecule has 0 spiro atoms. The summed E-state index contributed by atoms with van der Waals surface area (Å²) in [5.74, 6) is 0.258. The van der Waals surface area contributed by atoms with Crippen molar-refractivity contribution in [2.24, 2.45) is 4.99 Å². The van der Waals surface area contributed by atoms with Crippen molar-refractivity contribution < 1.29 is 19.0 Å². The zero-order valence-corrected chi connectivity index (χ0v) is 26.0. The van der Waals surface area contributed by atoms with E-state index >= 15 is 0 Å². The van der Waals surface area contributed by atoms with E-state index in [9.17, 15) is 9.59 Å². The largest absolute Gasteiger partial charge is 0.493 e. The van der Waals surface area contributed by atoms with Gasteiger partial charge in [-0.3, -0.25) is 9.36 Å². The minimum absolute atomic E-state index is 0.190. The molecule has 2 aromatic heterocycles. The highest BCUT2D eigenvalue weighted by Crippen LogP contribution is 2.38. The molecule has 4 aromatic rings. The highest BCUT2D eigenvalue weighted by Gasteiger charge is 2.33. The molecule has 1 atom stereocenters. The molecule has 7 nitrogen and oxygen atoms in total. The molecule has 1 aliphatic heterocycles. The van der Waals surface area contributed by atoms with Gasteiger partial charge in [0.25, 0.3) is 5.56 Å². The van der Waals surface area contributed by atoms with Gasteiger partial charge in [0.05, 0.1) is 44.6 Å². The molecule has 0 amide bonds. The molecular weight excluding hydrogens is 627 g/mol. The molecule has 0 saturated heterocycles. The molecule has 0 N–H and O–H groups in total. The van der Waals surface area contributed by atoms with Gasteiger partial charge in [0.2, 0.25) is 0 Å². The lowest BCUT2D eigenvalue weighted by Gasteiger charge is -2.23. The van der Waals surface area contributed by atoms with E-state index < -0.39 is 12.0 Å². The Hall–Kier alpha value is -3.08. The van der Waals surface area contributed by atoms with Crippen LogP contribution in [0, 0.1) is 0 Å². The Balaban J connectivity index is 1.54. The van der Waals surface area contributed by atoms with Crippen LogP contribution in [0.15, 0.2) is 68.9 Å². The third kappa shape index (κ3) is 5.96. The number of benzene rings is 2. The number of carbonyl (C=O) groups is 1. The number of methoxy groups -OCH3 is 1. The van der Waals surface area contributed by atoms with Gasteiger partial charge in [-0.05, 0) is 66.8 Å². The molecular formula is C29H23Cl3N2O5S2. The first-order valence-electron chi connectivity index (χ1n) is 12.4. The fourth-order valence-electron chi connectivity index (χ4n) is 4.41. The van der Waals surface area contributed by atoms with Crippen LogP contribution in [0.2, 0.25) is 15.1 Å². The maximum Gasteiger partial charge on any atom is 0.338 e. The number of nitrogens with zero attached hydrogens (tertiary/aromatic N) is 2. The summed E-state index contributed by atoms with van der Waals surface area (Å²) in [5, 5.41) is 3.09. The van der Waals surface area contributed by atoms with Gasteiger partial charge in [-0.25, -0.2) is 9.79 Å². The van der Waals surface area contributed by atoms with E-state index in [0.29, 0.717) is 52.7 Å². The third-order valence-corrected chi connectivity index (χ3v) is 9.17. The molecule has 1 aliphatic rings. The van der Waals surface area contributed by atoms with Crippen LogP contribution in [0.25, 0.3) is 6.08 Å². The third-order valence-electron chi connectivity index (χ3n) is 6.25. The van der Waals surface area contributed by atoms with Crippen LogP contribution in [0.1, 0.15) is 35.9 Å². The van der Waals surface area contributed by atoms with Crippen LogP contribution in [0.5, 0.6) is 11.5 Å². The molecule has 212 valence electrons. The number of thiophene rings is 1. The van der Waals surface area contributed by atoms with Crippen molar-refractivity contribution in [3.63, 3.8) is 0 Å². The first-order valence-corrected chi connectivity index (χ1v) is 15.2. The summed E-state index contributed by atoms with van der Waals surface area (Å²) >= 11 is 21.4. The van der Waals surface area contributed by atoms with Crippen LogP contribution in [-0.4, -0.2) is 24.3 Å². The van der Waals surface area contributed by atoms with Gasteiger partial charge >= 0.3 is 5.97 Å². The minimum atomic E-state index is -0.636. The first kappa shape index (κ1) is 29.4. The van der Waals surface area contributed by atoms with Crippen molar-refractivity contribution >= 4 is 69.5 Å². The van der Waals surface area contributed by atoms with Crippen molar-refractivity contribution in [3.05, 3.63) is 110 Å². The second-order valence-corrected chi connectivity index (χ2v) is 12.1. The van der Waals surface area contributed by atoms with Crippen molar-refractivity contribution in [1.29, 1.82) is 0 Å². The Kier molecular flexibility index (Phi) is 8.91. The highest BCUT2D eigenvalue weighted by atomic mass is 35.5. The molecule has 0 aliphatic carbocycles. The number of thiazole rings is 1. The molecule has 41 heavy (non-hydrogen) atoms. The number of allylic oxidation sites excluding steroid dienone is 1. The average Bonchev–Trinajstić information content (AvgIpc) is 3.57. The van der Waals surface area contributed by atoms with Crippen molar-refractivity contribution in [3.8, 4) is 11.5 Å². The summed E-state index contributed by atoms with van der Waals surface area (Å²) in [7, 11) is 1.51. The molecule has 0 saturated carbocycles. The van der Waals surface area contributed by atoms with Crippen LogP contribution in [-0.2, 0) is 16.1 Å². The summed E-state index contributed by atoms with van der Waals surface area (Å²) in [6.07, 6.45) is 1.72. The van der Waals surface area contributed by atoms with E-state index in [2.05, 4.69) is 4.99 Å². The molecule has 0 radical (unpaired) electrons. The van der Waals surface area contributed by atoms with Gasteiger partial charge < -0.3 is 14.2 Å². The zero-order chi connectivity index (χ0) is 29.3. The SMILES string of the molecule is CCOC(=O)C1=C(C)N=c2s/c(=C\c3cc(Cl)c(OCc4ccc(Cl)c(Cl)c4)c(OC)c3)c(=O)n2[C@@H]1c1cccs1. The van der Waals surface area contributed by atoms with Gasteiger partial charge in [-0.2, -0.15) is 0 Å². The lowest BCUT2D eigenvalue weighted by atomic mass is 10.0. The lowest BCUT2D eigenvalue weighted by Crippen LogP contribution is -2.39. The topological polar surface area (TPSA) is 79.1 Å². The zero-order valence-electron chi connectivity index (χ0n) is 22.1. The second kappa shape index (κ2) is 12.4.